The molecule has 0 fully saturated rings. The van der Waals surface area contributed by atoms with Gasteiger partial charge in [0.05, 0.1) is 19.8 Å². The largest absolute Gasteiger partial charge is 0.465 e. The maximum Gasteiger partial charge on any atom is 0.407 e. The van der Waals surface area contributed by atoms with Crippen molar-refractivity contribution in [3.63, 3.8) is 0 Å². The lowest BCUT2D eigenvalue weighted by atomic mass is 9.92. The zero-order valence-electron chi connectivity index (χ0n) is 55.3. The van der Waals surface area contributed by atoms with Crippen molar-refractivity contribution in [2.24, 2.45) is 5.41 Å². The molecule has 18 heteroatoms. The van der Waals surface area contributed by atoms with Crippen molar-refractivity contribution < 1.29 is 76.3 Å². The van der Waals surface area contributed by atoms with Crippen molar-refractivity contribution in [2.45, 2.75) is 278 Å². The summed E-state index contributed by atoms with van der Waals surface area (Å²) in [5.41, 5.74) is -1.53. The molecule has 0 saturated heterocycles. The summed E-state index contributed by atoms with van der Waals surface area (Å²) in [5.74, 6) is -3.32. The van der Waals surface area contributed by atoms with Crippen molar-refractivity contribution in [1.82, 2.24) is 10.2 Å². The number of carbonyl (C=O) groups excluding carboxylic acids is 8. The third-order valence-electron chi connectivity index (χ3n) is 14.6. The molecule has 1 amide bonds. The Morgan fingerprint density at radius 3 is 1.02 bits per heavy atom. The smallest absolute Gasteiger partial charge is 0.407 e. The summed E-state index contributed by atoms with van der Waals surface area (Å²) < 4.78 is 45.2. The fraction of sp³-hybridized carbons (Fsp3) is 0.797. The molecule has 0 aromatic carbocycles. The van der Waals surface area contributed by atoms with E-state index in [0.717, 1.165) is 90.0 Å². The summed E-state index contributed by atoms with van der Waals surface area (Å²) in [5, 5.41) is 2.79. The Balaban J connectivity index is 6.12. The second-order valence-electron chi connectivity index (χ2n) is 23.0. The molecule has 0 aromatic heterocycles. The molecule has 0 rings (SSSR count). The van der Waals surface area contributed by atoms with Crippen LogP contribution in [0, 0.1) is 5.41 Å². The standard InChI is InChI=1S/C69H120N2O16/c1-7-12-16-20-23-26-39-53-80-61(72)43-33-29-36-46-64(75)83-56-69(57-84-65(76)47-37-30-34-44-62(73)81-54-40-27-24-21-17-13-8-2,58-85-66(77)48-38-31-35-45-63(74)82-55-41-28-25-22-18-14-9-3)59-86-67(78)50-49-60(42-32-19-15-10-4)87-68(79)70-51-52-71(6)11-5/h23-28,60H,7-22,29-59H2,1-6H3,(H,70,79)/b26-23-,27-24-,28-25-. The average molecular weight is 1230 g/mol. The Bertz CT molecular complexity index is 1710. The average Bonchev–Trinajstić information content (AvgIpc) is 3.72. The van der Waals surface area contributed by atoms with Crippen LogP contribution in [0.4, 0.5) is 4.79 Å². The lowest BCUT2D eigenvalue weighted by molar-refractivity contribution is -0.171. The number of nitrogens with one attached hydrogen (secondary N) is 1. The van der Waals surface area contributed by atoms with Gasteiger partial charge in [0.15, 0.2) is 0 Å². The number of likely N-dealkylation sites (N-methyl/N-ethyl adjacent to an activating group) is 1. The van der Waals surface area contributed by atoms with Crippen LogP contribution in [0.3, 0.4) is 0 Å². The Morgan fingerprint density at radius 2 is 0.678 bits per heavy atom. The minimum atomic E-state index is -1.53. The van der Waals surface area contributed by atoms with E-state index in [1.165, 1.54) is 19.3 Å². The summed E-state index contributed by atoms with van der Waals surface area (Å²) in [4.78, 5) is 106. The molecule has 0 saturated carbocycles. The third-order valence-corrected chi connectivity index (χ3v) is 14.6. The monoisotopic (exact) mass is 1230 g/mol. The number of amides is 1. The zero-order chi connectivity index (χ0) is 64.1. The Morgan fingerprint density at radius 1 is 0.368 bits per heavy atom. The van der Waals surface area contributed by atoms with E-state index in [-0.39, 0.29) is 69.3 Å². The van der Waals surface area contributed by atoms with Gasteiger partial charge in [-0.3, -0.25) is 33.6 Å². The van der Waals surface area contributed by atoms with Crippen molar-refractivity contribution in [3.05, 3.63) is 36.5 Å². The minimum absolute atomic E-state index is 0.00325. The van der Waals surface area contributed by atoms with Gasteiger partial charge in [0.25, 0.3) is 0 Å². The van der Waals surface area contributed by atoms with E-state index in [4.69, 9.17) is 37.9 Å². The first-order chi connectivity index (χ1) is 42.2. The second-order valence-corrected chi connectivity index (χ2v) is 23.0. The highest BCUT2D eigenvalue weighted by Crippen LogP contribution is 2.24. The Hall–Kier alpha value is -5.26. The molecule has 0 radical (unpaired) electrons. The van der Waals surface area contributed by atoms with Gasteiger partial charge < -0.3 is 48.1 Å². The highest BCUT2D eigenvalue weighted by molar-refractivity contribution is 5.72. The predicted octanol–water partition coefficient (Wildman–Crippen LogP) is 15.0. The first-order valence-electron chi connectivity index (χ1n) is 33.9. The van der Waals surface area contributed by atoms with Crippen LogP contribution in [-0.2, 0) is 71.5 Å². The van der Waals surface area contributed by atoms with Gasteiger partial charge in [-0.25, -0.2) is 4.79 Å². The summed E-state index contributed by atoms with van der Waals surface area (Å²) in [6.45, 7) is 11.6. The van der Waals surface area contributed by atoms with Crippen LogP contribution in [0.15, 0.2) is 36.5 Å². The SMILES string of the molecule is CCCCC/C=C\CCOC(=O)CCCCCC(=O)OCC(COC(=O)CCCCCC(=O)OCC/C=C\CCCCC)(COC(=O)CCCCCC(=O)OCC/C=C\CCCCC)COC(=O)CCC(CCCCCC)OC(=O)NCCN(C)CC. The Labute approximate surface area is 525 Å². The normalized spacial score (nSPS) is 11.9. The van der Waals surface area contributed by atoms with E-state index < -0.39 is 67.9 Å². The quantitative estimate of drug-likeness (QED) is 0.0258. The lowest BCUT2D eigenvalue weighted by Crippen LogP contribution is -2.44. The Kier molecular flexibility index (Phi) is 56.1. The van der Waals surface area contributed by atoms with Gasteiger partial charge in [0, 0.05) is 58.0 Å². The number of hydrogen-bond acceptors (Lipinski definition) is 17. The predicted molar refractivity (Wildman–Crippen MR) is 342 cm³/mol. The molecular formula is C69H120N2O16. The number of nitrogens with zero attached hydrogens (tertiary/aromatic N) is 1. The first-order valence-corrected chi connectivity index (χ1v) is 33.9. The fourth-order valence-corrected chi connectivity index (χ4v) is 8.84. The molecule has 1 atom stereocenters. The number of hydrogen-bond donors (Lipinski definition) is 1. The number of alkyl carbamates (subject to hydrolysis) is 1. The van der Waals surface area contributed by atoms with Gasteiger partial charge in [-0.05, 0) is 129 Å². The molecule has 0 aromatic rings. The number of allylic oxidation sites excluding steroid dienone is 3. The van der Waals surface area contributed by atoms with Crippen LogP contribution in [0.2, 0.25) is 0 Å². The highest BCUT2D eigenvalue weighted by Gasteiger charge is 2.38. The first kappa shape index (κ1) is 81.7. The van der Waals surface area contributed by atoms with Gasteiger partial charge in [-0.15, -0.1) is 0 Å². The van der Waals surface area contributed by atoms with Gasteiger partial charge in [0.1, 0.15) is 37.9 Å². The van der Waals surface area contributed by atoms with E-state index in [9.17, 15) is 38.4 Å². The molecule has 1 N–H and O–H groups in total. The molecule has 87 heavy (non-hydrogen) atoms. The van der Waals surface area contributed by atoms with Crippen LogP contribution in [0.1, 0.15) is 272 Å². The zero-order valence-corrected chi connectivity index (χ0v) is 55.3. The second kappa shape index (κ2) is 59.7. The van der Waals surface area contributed by atoms with Gasteiger partial charge in [-0.1, -0.05) is 148 Å². The molecule has 0 heterocycles. The summed E-state index contributed by atoms with van der Waals surface area (Å²) in [6, 6.07) is 0. The van der Waals surface area contributed by atoms with Crippen LogP contribution in [0.25, 0.3) is 0 Å². The molecule has 0 bridgehead atoms. The van der Waals surface area contributed by atoms with Crippen LogP contribution >= 0.6 is 0 Å². The molecular weight excluding hydrogens is 1110 g/mol. The topological polar surface area (TPSA) is 226 Å². The van der Waals surface area contributed by atoms with E-state index in [0.29, 0.717) is 116 Å². The molecule has 18 nitrogen and oxygen atoms in total. The van der Waals surface area contributed by atoms with Gasteiger partial charge in [0.2, 0.25) is 0 Å². The van der Waals surface area contributed by atoms with E-state index in [2.05, 4.69) is 56.1 Å². The number of rotatable bonds is 60. The summed E-state index contributed by atoms with van der Waals surface area (Å²) in [7, 11) is 1.95. The number of carbonyl (C=O) groups is 8. The molecule has 0 aliphatic rings. The molecule has 1 unspecified atom stereocenters. The third kappa shape index (κ3) is 54.6. The highest BCUT2D eigenvalue weighted by atomic mass is 16.6. The maximum atomic E-state index is 13.7. The maximum absolute atomic E-state index is 13.7. The minimum Gasteiger partial charge on any atom is -0.465 e. The molecule has 0 aliphatic heterocycles. The number of unbranched alkanes of at least 4 members (excludes halogenated alkanes) is 18. The van der Waals surface area contributed by atoms with E-state index >= 15 is 0 Å². The summed E-state index contributed by atoms with van der Waals surface area (Å²) >= 11 is 0. The van der Waals surface area contributed by atoms with Gasteiger partial charge in [-0.2, -0.15) is 0 Å². The van der Waals surface area contributed by atoms with Crippen molar-refractivity contribution in [2.75, 3.05) is 72.9 Å². The number of esters is 7. The number of ether oxygens (including phenoxy) is 8. The van der Waals surface area contributed by atoms with Crippen LogP contribution < -0.4 is 5.32 Å². The molecule has 502 valence electrons. The molecule has 0 spiro atoms. The van der Waals surface area contributed by atoms with Crippen LogP contribution in [-0.4, -0.2) is 132 Å². The van der Waals surface area contributed by atoms with Crippen molar-refractivity contribution in [1.29, 1.82) is 0 Å². The summed E-state index contributed by atoms with van der Waals surface area (Å²) in [6.07, 6.45) is 36.3. The van der Waals surface area contributed by atoms with Gasteiger partial charge >= 0.3 is 47.9 Å². The van der Waals surface area contributed by atoms with E-state index in [1.54, 1.807) is 0 Å². The van der Waals surface area contributed by atoms with Crippen molar-refractivity contribution >= 4 is 47.9 Å². The fourth-order valence-electron chi connectivity index (χ4n) is 8.84. The lowest BCUT2D eigenvalue weighted by Gasteiger charge is -2.31. The molecule has 0 aliphatic carbocycles. The van der Waals surface area contributed by atoms with Crippen molar-refractivity contribution in [3.8, 4) is 0 Å². The van der Waals surface area contributed by atoms with E-state index in [1.807, 2.05) is 32.2 Å². The van der Waals surface area contributed by atoms with Crippen LogP contribution in [0.5, 0.6) is 0 Å².